The Kier molecular flexibility index (Phi) is 6.47. The van der Waals surface area contributed by atoms with E-state index in [2.05, 4.69) is 15.6 Å². The fourth-order valence-corrected chi connectivity index (χ4v) is 2.55. The van der Waals surface area contributed by atoms with E-state index in [0.717, 1.165) is 4.57 Å². The van der Waals surface area contributed by atoms with Crippen LogP contribution in [-0.4, -0.2) is 45.2 Å². The fraction of sp³-hybridized carbons (Fsp3) is 0.353. The predicted octanol–water partition coefficient (Wildman–Crippen LogP) is -0.0246. The number of carbonyl (C=O) groups is 3. The van der Waals surface area contributed by atoms with E-state index in [9.17, 15) is 24.3 Å². The average Bonchev–Trinajstić information content (AvgIpc) is 2.63. The molecule has 0 fully saturated rings. The number of carboxylic acids is 1. The maximum absolute atomic E-state index is 12.5. The summed E-state index contributed by atoms with van der Waals surface area (Å²) in [4.78, 5) is 51.1. The highest BCUT2D eigenvalue weighted by Crippen LogP contribution is 2.09. The Morgan fingerprint density at radius 1 is 1.30 bits per heavy atom. The van der Waals surface area contributed by atoms with Gasteiger partial charge in [0.2, 0.25) is 5.91 Å². The Morgan fingerprint density at radius 3 is 2.67 bits per heavy atom. The maximum atomic E-state index is 12.5. The minimum atomic E-state index is -1.21. The normalized spacial score (nSPS) is 12.9. The highest BCUT2D eigenvalue weighted by molar-refractivity contribution is 5.86. The first-order valence-electron chi connectivity index (χ1n) is 8.33. The number of hydrogen-bond acceptors (Lipinski definition) is 5. The number of aliphatic carboxylic acids is 1. The molecule has 2 aromatic rings. The molecule has 0 aliphatic rings. The number of fused-ring (bicyclic) bond motifs is 1. The lowest BCUT2D eigenvalue weighted by Crippen LogP contribution is -2.45. The molecule has 1 heterocycles. The Morgan fingerprint density at radius 2 is 2.00 bits per heavy atom. The summed E-state index contributed by atoms with van der Waals surface area (Å²) in [6, 6.07) is 3.94. The van der Waals surface area contributed by atoms with E-state index in [0.29, 0.717) is 17.3 Å². The SMILES string of the molecule is CC(C(=O)NC(CCCNC(N)=O)C(=O)O)n1cnc2ccccc2c1=O. The minimum absolute atomic E-state index is 0.0962. The monoisotopic (exact) mass is 375 g/mol. The number of urea groups is 1. The molecule has 3 amide bonds. The summed E-state index contributed by atoms with van der Waals surface area (Å²) in [5.41, 5.74) is 5.06. The Hall–Kier alpha value is -3.43. The number of benzene rings is 1. The number of nitrogens with zero attached hydrogens (tertiary/aromatic N) is 2. The van der Waals surface area contributed by atoms with Crippen molar-refractivity contribution in [3.05, 3.63) is 40.9 Å². The van der Waals surface area contributed by atoms with Gasteiger partial charge in [-0.25, -0.2) is 14.6 Å². The van der Waals surface area contributed by atoms with Crippen LogP contribution < -0.4 is 21.9 Å². The minimum Gasteiger partial charge on any atom is -0.480 e. The summed E-state index contributed by atoms with van der Waals surface area (Å²) in [5, 5.41) is 14.4. The number of nitrogens with two attached hydrogens (primary N) is 1. The molecule has 0 saturated heterocycles. The standard InChI is InChI=1S/C17H21N5O5/c1-10(22-9-20-12-6-3-2-5-11(12)15(22)24)14(23)21-13(16(25)26)7-4-8-19-17(18)27/h2-3,5-6,9-10,13H,4,7-8H2,1H3,(H,21,23)(H,25,26)(H3,18,19,27). The zero-order valence-electron chi connectivity index (χ0n) is 14.7. The van der Waals surface area contributed by atoms with Crippen LogP contribution in [0.25, 0.3) is 10.9 Å². The second kappa shape index (κ2) is 8.79. The van der Waals surface area contributed by atoms with Crippen molar-refractivity contribution in [1.82, 2.24) is 20.2 Å². The third kappa shape index (κ3) is 5.03. The highest BCUT2D eigenvalue weighted by atomic mass is 16.4. The molecule has 2 unspecified atom stereocenters. The van der Waals surface area contributed by atoms with Crippen LogP contribution in [0.1, 0.15) is 25.8 Å². The van der Waals surface area contributed by atoms with Gasteiger partial charge in [0.05, 0.1) is 17.2 Å². The van der Waals surface area contributed by atoms with Crippen molar-refractivity contribution in [2.45, 2.75) is 31.8 Å². The smallest absolute Gasteiger partial charge is 0.326 e. The van der Waals surface area contributed by atoms with Crippen LogP contribution in [0.5, 0.6) is 0 Å². The summed E-state index contributed by atoms with van der Waals surface area (Å²) in [6.07, 6.45) is 1.67. The van der Waals surface area contributed by atoms with Gasteiger partial charge in [0.15, 0.2) is 0 Å². The van der Waals surface area contributed by atoms with Crippen LogP contribution in [-0.2, 0) is 9.59 Å². The van der Waals surface area contributed by atoms with E-state index in [-0.39, 0.29) is 18.5 Å². The molecule has 1 aromatic heterocycles. The largest absolute Gasteiger partial charge is 0.480 e. The molecule has 0 spiro atoms. The van der Waals surface area contributed by atoms with Crippen LogP contribution in [0.4, 0.5) is 4.79 Å². The molecule has 144 valence electrons. The first-order valence-corrected chi connectivity index (χ1v) is 8.33. The van der Waals surface area contributed by atoms with E-state index in [4.69, 9.17) is 5.73 Å². The average molecular weight is 375 g/mol. The lowest BCUT2D eigenvalue weighted by molar-refractivity contribution is -0.142. The van der Waals surface area contributed by atoms with E-state index >= 15 is 0 Å². The van der Waals surface area contributed by atoms with Crippen molar-refractivity contribution >= 4 is 28.8 Å². The molecule has 10 nitrogen and oxygen atoms in total. The van der Waals surface area contributed by atoms with E-state index < -0.39 is 30.0 Å². The summed E-state index contributed by atoms with van der Waals surface area (Å²) in [5.74, 6) is -1.83. The molecule has 1 aromatic carbocycles. The molecular formula is C17H21N5O5. The molecule has 2 atom stereocenters. The molecule has 10 heteroatoms. The van der Waals surface area contributed by atoms with Gasteiger partial charge in [-0.2, -0.15) is 0 Å². The summed E-state index contributed by atoms with van der Waals surface area (Å²) in [6.45, 7) is 1.68. The topological polar surface area (TPSA) is 156 Å². The molecule has 0 saturated carbocycles. The van der Waals surface area contributed by atoms with Gasteiger partial charge in [-0.1, -0.05) is 12.1 Å². The molecular weight excluding hydrogens is 354 g/mol. The maximum Gasteiger partial charge on any atom is 0.326 e. The quantitative estimate of drug-likeness (QED) is 0.475. The number of aromatic nitrogens is 2. The Balaban J connectivity index is 2.09. The fourth-order valence-electron chi connectivity index (χ4n) is 2.55. The third-order valence-corrected chi connectivity index (χ3v) is 4.07. The van der Waals surface area contributed by atoms with E-state index in [1.54, 1.807) is 24.3 Å². The van der Waals surface area contributed by atoms with Gasteiger partial charge in [-0.05, 0) is 31.9 Å². The van der Waals surface area contributed by atoms with Crippen molar-refractivity contribution < 1.29 is 19.5 Å². The summed E-state index contributed by atoms with van der Waals surface area (Å²) >= 11 is 0. The highest BCUT2D eigenvalue weighted by Gasteiger charge is 2.24. The lowest BCUT2D eigenvalue weighted by atomic mass is 10.1. The van der Waals surface area contributed by atoms with Crippen molar-refractivity contribution in [2.24, 2.45) is 5.73 Å². The summed E-state index contributed by atoms with van der Waals surface area (Å²) in [7, 11) is 0. The van der Waals surface area contributed by atoms with Gasteiger partial charge < -0.3 is 21.5 Å². The van der Waals surface area contributed by atoms with Gasteiger partial charge >= 0.3 is 12.0 Å². The second-order valence-electron chi connectivity index (χ2n) is 5.98. The molecule has 0 bridgehead atoms. The van der Waals surface area contributed by atoms with Crippen LogP contribution in [0, 0.1) is 0 Å². The van der Waals surface area contributed by atoms with Gasteiger partial charge in [-0.15, -0.1) is 0 Å². The zero-order valence-corrected chi connectivity index (χ0v) is 14.7. The first kappa shape index (κ1) is 19.9. The molecule has 2 rings (SSSR count). The van der Waals surface area contributed by atoms with Gasteiger partial charge in [0.1, 0.15) is 12.1 Å². The zero-order chi connectivity index (χ0) is 20.0. The van der Waals surface area contributed by atoms with E-state index in [1.165, 1.54) is 13.3 Å². The van der Waals surface area contributed by atoms with Crippen molar-refractivity contribution in [2.75, 3.05) is 6.54 Å². The van der Waals surface area contributed by atoms with E-state index in [1.807, 2.05) is 0 Å². The van der Waals surface area contributed by atoms with Crippen molar-refractivity contribution in [1.29, 1.82) is 0 Å². The van der Waals surface area contributed by atoms with Gasteiger partial charge in [0, 0.05) is 6.54 Å². The number of nitrogens with one attached hydrogen (secondary N) is 2. The van der Waals surface area contributed by atoms with Gasteiger partial charge in [-0.3, -0.25) is 14.2 Å². The van der Waals surface area contributed by atoms with Crippen LogP contribution >= 0.6 is 0 Å². The van der Waals surface area contributed by atoms with Crippen molar-refractivity contribution in [3.8, 4) is 0 Å². The number of para-hydroxylation sites is 1. The number of carbonyl (C=O) groups excluding carboxylic acids is 2. The number of primary amides is 1. The van der Waals surface area contributed by atoms with Crippen LogP contribution in [0.3, 0.4) is 0 Å². The number of hydrogen-bond donors (Lipinski definition) is 4. The first-order chi connectivity index (χ1) is 12.8. The summed E-state index contributed by atoms with van der Waals surface area (Å²) < 4.78 is 1.16. The molecule has 0 radical (unpaired) electrons. The predicted molar refractivity (Wildman–Crippen MR) is 97.1 cm³/mol. The van der Waals surface area contributed by atoms with Crippen LogP contribution in [0.2, 0.25) is 0 Å². The number of carboxylic acid groups (broad SMARTS) is 1. The van der Waals surface area contributed by atoms with Gasteiger partial charge in [0.25, 0.3) is 5.56 Å². The Labute approximate surface area is 154 Å². The molecule has 5 N–H and O–H groups in total. The molecule has 0 aliphatic carbocycles. The van der Waals surface area contributed by atoms with Crippen molar-refractivity contribution in [3.63, 3.8) is 0 Å². The second-order valence-corrected chi connectivity index (χ2v) is 5.98. The third-order valence-electron chi connectivity index (χ3n) is 4.07. The number of rotatable bonds is 8. The molecule has 0 aliphatic heterocycles. The lowest BCUT2D eigenvalue weighted by Gasteiger charge is -2.19. The Bertz CT molecular complexity index is 910. The molecule has 27 heavy (non-hydrogen) atoms. The number of amides is 3. The van der Waals surface area contributed by atoms with Crippen LogP contribution in [0.15, 0.2) is 35.4 Å².